The Morgan fingerprint density at radius 1 is 0.958 bits per heavy atom. The van der Waals surface area contributed by atoms with Gasteiger partial charge in [-0.05, 0) is 77.7 Å². The summed E-state index contributed by atoms with van der Waals surface area (Å²) in [6.07, 6.45) is 5.01. The molecule has 3 saturated carbocycles. The van der Waals surface area contributed by atoms with Crippen LogP contribution in [-0.2, 0) is 5.60 Å². The number of rotatable bonds is 2. The molecule has 5 unspecified atom stereocenters. The van der Waals surface area contributed by atoms with Gasteiger partial charge in [-0.25, -0.2) is 0 Å². The topological polar surface area (TPSA) is 20.2 Å². The summed E-state index contributed by atoms with van der Waals surface area (Å²) >= 11 is 6.06. The van der Waals surface area contributed by atoms with Crippen molar-refractivity contribution in [3.8, 4) is 11.1 Å². The van der Waals surface area contributed by atoms with Crippen LogP contribution < -0.4 is 0 Å². The van der Waals surface area contributed by atoms with E-state index in [4.69, 9.17) is 11.6 Å². The molecule has 24 heavy (non-hydrogen) atoms. The van der Waals surface area contributed by atoms with E-state index in [1.165, 1.54) is 25.7 Å². The molecule has 3 aliphatic rings. The van der Waals surface area contributed by atoms with Gasteiger partial charge in [0.2, 0.25) is 0 Å². The van der Waals surface area contributed by atoms with Gasteiger partial charge in [0.25, 0.3) is 0 Å². The fraction of sp³-hybridized carbons (Fsp3) is 0.455. The number of benzene rings is 2. The van der Waals surface area contributed by atoms with Gasteiger partial charge < -0.3 is 5.11 Å². The lowest BCUT2D eigenvalue weighted by atomic mass is 9.62. The Kier molecular flexibility index (Phi) is 3.04. The van der Waals surface area contributed by atoms with E-state index in [0.29, 0.717) is 17.3 Å². The Balaban J connectivity index is 1.63. The summed E-state index contributed by atoms with van der Waals surface area (Å²) in [5.41, 5.74) is 3.29. The molecule has 0 amide bonds. The average molecular weight is 339 g/mol. The van der Waals surface area contributed by atoms with E-state index in [1.807, 2.05) is 12.1 Å². The van der Waals surface area contributed by atoms with Crippen LogP contribution in [0.5, 0.6) is 0 Å². The number of fused-ring (bicyclic) bond motifs is 1. The van der Waals surface area contributed by atoms with E-state index in [0.717, 1.165) is 27.6 Å². The van der Waals surface area contributed by atoms with Crippen molar-refractivity contribution in [2.24, 2.45) is 23.2 Å². The third-order valence-electron chi connectivity index (χ3n) is 7.18. The molecule has 2 heteroatoms. The summed E-state index contributed by atoms with van der Waals surface area (Å²) in [5.74, 6) is 1.60. The zero-order valence-electron chi connectivity index (χ0n) is 14.0. The van der Waals surface area contributed by atoms with Crippen LogP contribution in [0, 0.1) is 23.2 Å². The first kappa shape index (κ1) is 15.0. The quantitative estimate of drug-likeness (QED) is 0.750. The standard InChI is InChI=1S/C22H23ClO/c1-14-11-21-12-16(21)10-17(13-21)22(14,24)20-5-3-2-4-19(20)15-6-8-18(23)9-7-15/h2-9,14,16-17,24H,10-13H2,1H3. The van der Waals surface area contributed by atoms with Crippen molar-refractivity contribution in [3.05, 3.63) is 59.1 Å². The smallest absolute Gasteiger partial charge is 0.0956 e. The fourth-order valence-corrected chi connectivity index (χ4v) is 6.09. The Morgan fingerprint density at radius 2 is 1.67 bits per heavy atom. The molecule has 3 aliphatic carbocycles. The first-order valence-corrected chi connectivity index (χ1v) is 9.48. The minimum atomic E-state index is -0.700. The third kappa shape index (κ3) is 1.92. The highest BCUT2D eigenvalue weighted by molar-refractivity contribution is 6.30. The van der Waals surface area contributed by atoms with E-state index in [1.54, 1.807) is 0 Å². The van der Waals surface area contributed by atoms with Gasteiger partial charge in [0.05, 0.1) is 5.60 Å². The highest BCUT2D eigenvalue weighted by Gasteiger charge is 2.68. The minimum Gasteiger partial charge on any atom is -0.385 e. The summed E-state index contributed by atoms with van der Waals surface area (Å²) < 4.78 is 0. The van der Waals surface area contributed by atoms with Crippen LogP contribution in [-0.4, -0.2) is 5.11 Å². The van der Waals surface area contributed by atoms with E-state index in [2.05, 4.69) is 43.3 Å². The van der Waals surface area contributed by atoms with Crippen LogP contribution in [0.3, 0.4) is 0 Å². The molecule has 0 aromatic heterocycles. The van der Waals surface area contributed by atoms with Gasteiger partial charge >= 0.3 is 0 Å². The van der Waals surface area contributed by atoms with Crippen LogP contribution in [0.1, 0.15) is 38.2 Å². The van der Waals surface area contributed by atoms with E-state index < -0.39 is 5.60 Å². The molecular formula is C22H23ClO. The molecular weight excluding hydrogens is 316 g/mol. The summed E-state index contributed by atoms with van der Waals surface area (Å²) in [5, 5.41) is 12.7. The van der Waals surface area contributed by atoms with Gasteiger partial charge in [-0.2, -0.15) is 0 Å². The molecule has 0 aliphatic heterocycles. The van der Waals surface area contributed by atoms with Crippen LogP contribution in [0.15, 0.2) is 48.5 Å². The Hall–Kier alpha value is -1.31. The molecule has 0 saturated heterocycles. The predicted molar refractivity (Wildman–Crippen MR) is 97.8 cm³/mol. The maximum absolute atomic E-state index is 11.9. The number of hydrogen-bond acceptors (Lipinski definition) is 1. The third-order valence-corrected chi connectivity index (χ3v) is 7.43. The summed E-state index contributed by atoms with van der Waals surface area (Å²) in [6.45, 7) is 2.26. The van der Waals surface area contributed by atoms with Gasteiger partial charge in [0, 0.05) is 5.02 Å². The van der Waals surface area contributed by atoms with Crippen LogP contribution >= 0.6 is 11.6 Å². The minimum absolute atomic E-state index is 0.317. The largest absolute Gasteiger partial charge is 0.385 e. The molecule has 1 N–H and O–H groups in total. The van der Waals surface area contributed by atoms with Crippen LogP contribution in [0.2, 0.25) is 5.02 Å². The Morgan fingerprint density at radius 3 is 2.46 bits per heavy atom. The second-order valence-corrected chi connectivity index (χ2v) is 8.82. The molecule has 124 valence electrons. The summed E-state index contributed by atoms with van der Waals surface area (Å²) in [6, 6.07) is 16.4. The van der Waals surface area contributed by atoms with E-state index in [9.17, 15) is 5.11 Å². The lowest BCUT2D eigenvalue weighted by Gasteiger charge is -2.46. The van der Waals surface area contributed by atoms with Crippen molar-refractivity contribution in [3.63, 3.8) is 0 Å². The molecule has 2 aromatic rings. The number of aliphatic hydroxyl groups is 1. The van der Waals surface area contributed by atoms with Gasteiger partial charge in [-0.3, -0.25) is 0 Å². The van der Waals surface area contributed by atoms with Crippen molar-refractivity contribution in [2.45, 2.75) is 38.2 Å². The molecule has 1 nitrogen and oxygen atoms in total. The Labute approximate surface area is 148 Å². The molecule has 2 bridgehead atoms. The predicted octanol–water partition coefficient (Wildman–Crippen LogP) is 5.65. The number of halogens is 1. The number of hydrogen-bond donors (Lipinski definition) is 1. The molecule has 0 heterocycles. The zero-order valence-corrected chi connectivity index (χ0v) is 14.8. The van der Waals surface area contributed by atoms with E-state index >= 15 is 0 Å². The molecule has 3 fully saturated rings. The second-order valence-electron chi connectivity index (χ2n) is 8.38. The zero-order chi connectivity index (χ0) is 16.5. The van der Waals surface area contributed by atoms with Gasteiger partial charge in [0.15, 0.2) is 0 Å². The van der Waals surface area contributed by atoms with Crippen molar-refractivity contribution < 1.29 is 5.11 Å². The van der Waals surface area contributed by atoms with Crippen molar-refractivity contribution in [1.82, 2.24) is 0 Å². The van der Waals surface area contributed by atoms with Crippen LogP contribution in [0.25, 0.3) is 11.1 Å². The maximum Gasteiger partial charge on any atom is 0.0956 e. The van der Waals surface area contributed by atoms with Gasteiger partial charge in [0.1, 0.15) is 0 Å². The molecule has 5 rings (SSSR count). The van der Waals surface area contributed by atoms with Gasteiger partial charge in [-0.1, -0.05) is 54.9 Å². The maximum atomic E-state index is 11.9. The average Bonchev–Trinajstić information content (AvgIpc) is 3.14. The van der Waals surface area contributed by atoms with Crippen molar-refractivity contribution >= 4 is 11.6 Å². The fourth-order valence-electron chi connectivity index (χ4n) is 5.97. The van der Waals surface area contributed by atoms with Crippen LogP contribution in [0.4, 0.5) is 0 Å². The summed E-state index contributed by atoms with van der Waals surface area (Å²) in [4.78, 5) is 0. The molecule has 5 atom stereocenters. The first-order chi connectivity index (χ1) is 11.5. The van der Waals surface area contributed by atoms with E-state index in [-0.39, 0.29) is 0 Å². The lowest BCUT2D eigenvalue weighted by Crippen LogP contribution is -2.45. The molecule has 0 radical (unpaired) electrons. The SMILES string of the molecule is CC1CC23CC2CC(C3)C1(O)c1ccccc1-c1ccc(Cl)cc1. The first-order valence-electron chi connectivity index (χ1n) is 9.11. The van der Waals surface area contributed by atoms with Crippen molar-refractivity contribution in [1.29, 1.82) is 0 Å². The highest BCUT2D eigenvalue weighted by atomic mass is 35.5. The normalized spacial score (nSPS) is 39.5. The Bertz CT molecular complexity index is 798. The second kappa shape index (κ2) is 4.86. The highest BCUT2D eigenvalue weighted by Crippen LogP contribution is 2.75. The van der Waals surface area contributed by atoms with Gasteiger partial charge in [-0.15, -0.1) is 0 Å². The van der Waals surface area contributed by atoms with Crippen molar-refractivity contribution in [2.75, 3.05) is 0 Å². The molecule has 1 spiro atoms. The monoisotopic (exact) mass is 338 g/mol. The summed E-state index contributed by atoms with van der Waals surface area (Å²) in [7, 11) is 0. The lowest BCUT2D eigenvalue weighted by molar-refractivity contribution is -0.101. The molecule has 2 aromatic carbocycles.